The maximum absolute atomic E-state index is 8.96. The Bertz CT molecular complexity index is 133. The summed E-state index contributed by atoms with van der Waals surface area (Å²) in [5.41, 5.74) is 5.71. The second kappa shape index (κ2) is 5.58. The Kier molecular flexibility index (Phi) is 4.70. The van der Waals surface area contributed by atoms with Crippen molar-refractivity contribution in [1.82, 2.24) is 4.90 Å². The van der Waals surface area contributed by atoms with Gasteiger partial charge in [0.15, 0.2) is 0 Å². The van der Waals surface area contributed by atoms with Gasteiger partial charge in [0.25, 0.3) is 0 Å². The maximum atomic E-state index is 8.96. The Labute approximate surface area is 80.9 Å². The molecule has 1 rings (SSSR count). The number of rotatable bonds is 6. The van der Waals surface area contributed by atoms with Crippen LogP contribution in [0.3, 0.4) is 0 Å². The summed E-state index contributed by atoms with van der Waals surface area (Å²) >= 11 is 0. The molecule has 0 aliphatic heterocycles. The molecule has 1 unspecified atom stereocenters. The summed E-state index contributed by atoms with van der Waals surface area (Å²) < 4.78 is 0. The Morgan fingerprint density at radius 3 is 2.54 bits per heavy atom. The van der Waals surface area contributed by atoms with Crippen molar-refractivity contribution < 1.29 is 5.11 Å². The highest BCUT2D eigenvalue weighted by molar-refractivity contribution is 4.84. The van der Waals surface area contributed by atoms with Crippen LogP contribution in [0.5, 0.6) is 0 Å². The van der Waals surface area contributed by atoms with Gasteiger partial charge in [0.2, 0.25) is 0 Å². The number of aliphatic hydroxyl groups is 1. The molecule has 0 saturated heterocycles. The molecule has 0 heterocycles. The molecule has 3 heteroatoms. The standard InChI is InChI=1S/C10H22N2O/c1-2-9(8-11)12(6-7-13)10-4-3-5-10/h9-10,13H,2-8,11H2,1H3. The number of aliphatic hydroxyl groups excluding tert-OH is 1. The van der Waals surface area contributed by atoms with Gasteiger partial charge in [-0.15, -0.1) is 0 Å². The minimum atomic E-state index is 0.257. The molecule has 1 saturated carbocycles. The van der Waals surface area contributed by atoms with Crippen LogP contribution in [0, 0.1) is 0 Å². The van der Waals surface area contributed by atoms with Crippen molar-refractivity contribution in [2.75, 3.05) is 19.7 Å². The molecule has 78 valence electrons. The van der Waals surface area contributed by atoms with Crippen LogP contribution in [0.2, 0.25) is 0 Å². The van der Waals surface area contributed by atoms with Gasteiger partial charge in [-0.3, -0.25) is 4.90 Å². The molecule has 1 aliphatic rings. The molecule has 3 nitrogen and oxygen atoms in total. The fraction of sp³-hybridized carbons (Fsp3) is 1.00. The minimum absolute atomic E-state index is 0.257. The minimum Gasteiger partial charge on any atom is -0.395 e. The lowest BCUT2D eigenvalue weighted by Crippen LogP contribution is -2.50. The Morgan fingerprint density at radius 2 is 2.23 bits per heavy atom. The third-order valence-electron chi connectivity index (χ3n) is 3.11. The molecule has 0 aromatic rings. The molecular formula is C10H22N2O. The molecule has 1 atom stereocenters. The van der Waals surface area contributed by atoms with Crippen LogP contribution in [0.25, 0.3) is 0 Å². The second-order valence-electron chi connectivity index (χ2n) is 3.84. The first-order valence-corrected chi connectivity index (χ1v) is 5.40. The summed E-state index contributed by atoms with van der Waals surface area (Å²) in [7, 11) is 0. The molecule has 0 amide bonds. The zero-order valence-corrected chi connectivity index (χ0v) is 8.58. The topological polar surface area (TPSA) is 49.5 Å². The van der Waals surface area contributed by atoms with Crippen LogP contribution in [0.4, 0.5) is 0 Å². The number of nitrogens with two attached hydrogens (primary N) is 1. The number of hydrogen-bond acceptors (Lipinski definition) is 3. The number of hydrogen-bond donors (Lipinski definition) is 2. The Balaban J connectivity index is 2.43. The normalized spacial score (nSPS) is 20.3. The van der Waals surface area contributed by atoms with Gasteiger partial charge in [-0.05, 0) is 19.3 Å². The Hall–Kier alpha value is -0.120. The maximum Gasteiger partial charge on any atom is 0.0558 e. The predicted molar refractivity (Wildman–Crippen MR) is 54.6 cm³/mol. The highest BCUT2D eigenvalue weighted by Gasteiger charge is 2.28. The first-order chi connectivity index (χ1) is 6.33. The molecule has 13 heavy (non-hydrogen) atoms. The lowest BCUT2D eigenvalue weighted by atomic mass is 9.90. The van der Waals surface area contributed by atoms with E-state index < -0.39 is 0 Å². The fourth-order valence-corrected chi connectivity index (χ4v) is 2.03. The van der Waals surface area contributed by atoms with Crippen LogP contribution >= 0.6 is 0 Å². The Morgan fingerprint density at radius 1 is 1.54 bits per heavy atom. The van der Waals surface area contributed by atoms with E-state index in [9.17, 15) is 0 Å². The summed E-state index contributed by atoms with van der Waals surface area (Å²) in [6, 6.07) is 1.16. The lowest BCUT2D eigenvalue weighted by molar-refractivity contribution is 0.0611. The second-order valence-corrected chi connectivity index (χ2v) is 3.84. The van der Waals surface area contributed by atoms with Gasteiger partial charge >= 0.3 is 0 Å². The zero-order chi connectivity index (χ0) is 9.68. The van der Waals surface area contributed by atoms with Gasteiger partial charge in [0, 0.05) is 25.2 Å². The van der Waals surface area contributed by atoms with Crippen molar-refractivity contribution in [2.24, 2.45) is 5.73 Å². The van der Waals surface area contributed by atoms with Crippen LogP contribution < -0.4 is 5.73 Å². The molecule has 1 fully saturated rings. The zero-order valence-electron chi connectivity index (χ0n) is 8.58. The van der Waals surface area contributed by atoms with Crippen LogP contribution in [0.1, 0.15) is 32.6 Å². The van der Waals surface area contributed by atoms with E-state index in [1.165, 1.54) is 19.3 Å². The molecular weight excluding hydrogens is 164 g/mol. The van der Waals surface area contributed by atoms with E-state index in [2.05, 4.69) is 11.8 Å². The summed E-state index contributed by atoms with van der Waals surface area (Å²) in [6.45, 7) is 3.93. The van der Waals surface area contributed by atoms with Gasteiger partial charge in [0.1, 0.15) is 0 Å². The predicted octanol–water partition coefficient (Wildman–Crippen LogP) is 0.570. The van der Waals surface area contributed by atoms with E-state index in [-0.39, 0.29) is 6.61 Å². The SMILES string of the molecule is CCC(CN)N(CCO)C1CCC1. The van der Waals surface area contributed by atoms with E-state index in [4.69, 9.17) is 10.8 Å². The molecule has 0 spiro atoms. The van der Waals surface area contributed by atoms with Gasteiger partial charge in [-0.1, -0.05) is 13.3 Å². The highest BCUT2D eigenvalue weighted by Crippen LogP contribution is 2.26. The van der Waals surface area contributed by atoms with Crippen LogP contribution in [0.15, 0.2) is 0 Å². The largest absolute Gasteiger partial charge is 0.395 e. The van der Waals surface area contributed by atoms with Gasteiger partial charge < -0.3 is 10.8 Å². The summed E-state index contributed by atoms with van der Waals surface area (Å²) in [5, 5.41) is 8.96. The average Bonchev–Trinajstić information content (AvgIpc) is 2.04. The first-order valence-electron chi connectivity index (χ1n) is 5.40. The number of nitrogens with zero attached hydrogens (tertiary/aromatic N) is 1. The molecule has 1 aliphatic carbocycles. The van der Waals surface area contributed by atoms with Crippen molar-refractivity contribution >= 4 is 0 Å². The molecule has 0 aromatic heterocycles. The summed E-state index contributed by atoms with van der Waals surface area (Å²) in [6.07, 6.45) is 5.01. The van der Waals surface area contributed by atoms with Gasteiger partial charge in [-0.2, -0.15) is 0 Å². The average molecular weight is 186 g/mol. The van der Waals surface area contributed by atoms with E-state index in [0.717, 1.165) is 13.0 Å². The van der Waals surface area contributed by atoms with Crippen molar-refractivity contribution in [2.45, 2.75) is 44.7 Å². The van der Waals surface area contributed by atoms with E-state index in [1.807, 2.05) is 0 Å². The van der Waals surface area contributed by atoms with E-state index in [1.54, 1.807) is 0 Å². The van der Waals surface area contributed by atoms with Gasteiger partial charge in [0.05, 0.1) is 6.61 Å². The third kappa shape index (κ3) is 2.66. The molecule has 3 N–H and O–H groups in total. The van der Waals surface area contributed by atoms with Crippen molar-refractivity contribution in [3.05, 3.63) is 0 Å². The highest BCUT2D eigenvalue weighted by atomic mass is 16.3. The van der Waals surface area contributed by atoms with Crippen LogP contribution in [-0.4, -0.2) is 41.8 Å². The van der Waals surface area contributed by atoms with E-state index in [0.29, 0.717) is 18.6 Å². The summed E-state index contributed by atoms with van der Waals surface area (Å²) in [4.78, 5) is 2.39. The van der Waals surface area contributed by atoms with Crippen molar-refractivity contribution in [3.8, 4) is 0 Å². The monoisotopic (exact) mass is 186 g/mol. The smallest absolute Gasteiger partial charge is 0.0558 e. The van der Waals surface area contributed by atoms with Gasteiger partial charge in [-0.25, -0.2) is 0 Å². The molecule has 0 aromatic carbocycles. The van der Waals surface area contributed by atoms with Crippen molar-refractivity contribution in [3.63, 3.8) is 0 Å². The first kappa shape index (κ1) is 11.0. The quantitative estimate of drug-likeness (QED) is 0.637. The van der Waals surface area contributed by atoms with Crippen LogP contribution in [-0.2, 0) is 0 Å². The molecule has 0 radical (unpaired) electrons. The lowest BCUT2D eigenvalue weighted by Gasteiger charge is -2.41. The third-order valence-corrected chi connectivity index (χ3v) is 3.11. The fourth-order valence-electron chi connectivity index (χ4n) is 2.03. The summed E-state index contributed by atoms with van der Waals surface area (Å²) in [5.74, 6) is 0. The molecule has 0 bridgehead atoms. The van der Waals surface area contributed by atoms with Crippen molar-refractivity contribution in [1.29, 1.82) is 0 Å². The van der Waals surface area contributed by atoms with E-state index >= 15 is 0 Å².